The number of rotatable bonds is 2. The van der Waals surface area contributed by atoms with Crippen LogP contribution < -0.4 is 10.6 Å². The molecule has 5 nitrogen and oxygen atoms in total. The highest BCUT2D eigenvalue weighted by Crippen LogP contribution is 2.16. The smallest absolute Gasteiger partial charge is 0.321 e. The van der Waals surface area contributed by atoms with Gasteiger partial charge in [0.2, 0.25) is 0 Å². The fourth-order valence-corrected chi connectivity index (χ4v) is 2.67. The number of likely N-dealkylation sites (tertiary alicyclic amines) is 1. The third kappa shape index (κ3) is 3.67. The van der Waals surface area contributed by atoms with Crippen molar-refractivity contribution >= 4 is 22.5 Å². The zero-order valence-electron chi connectivity index (χ0n) is 10.2. The molecule has 2 rings (SSSR count). The molecular weight excluding hydrogens is 236 g/mol. The number of likely N-dealkylation sites (N-methyl/N-ethyl adjacent to an activating group) is 1. The number of nitrogens with zero attached hydrogens (tertiary/aromatic N) is 2. The second-order valence-corrected chi connectivity index (χ2v) is 5.71. The van der Waals surface area contributed by atoms with Crippen molar-refractivity contribution in [2.75, 3.05) is 25.5 Å². The number of carbonyl (C=O) groups is 1. The Morgan fingerprint density at radius 1 is 1.65 bits per heavy atom. The molecule has 0 radical (unpaired) electrons. The number of anilines is 1. The Bertz CT molecular complexity index is 393. The molecule has 94 valence electrons. The van der Waals surface area contributed by atoms with Crippen molar-refractivity contribution in [3.05, 3.63) is 11.1 Å². The normalized spacial score (nSPS) is 21.2. The van der Waals surface area contributed by atoms with Crippen LogP contribution in [0, 0.1) is 6.92 Å². The van der Waals surface area contributed by atoms with Crippen LogP contribution in [0.5, 0.6) is 0 Å². The summed E-state index contributed by atoms with van der Waals surface area (Å²) in [5.41, 5.74) is 0. The molecular formula is C11H18N4OS. The summed E-state index contributed by atoms with van der Waals surface area (Å²) in [6.45, 7) is 4.01. The molecule has 0 saturated carbocycles. The molecule has 0 bridgehead atoms. The molecule has 2 heterocycles. The fraction of sp³-hybridized carbons (Fsp3) is 0.636. The quantitative estimate of drug-likeness (QED) is 0.844. The molecule has 17 heavy (non-hydrogen) atoms. The van der Waals surface area contributed by atoms with Gasteiger partial charge in [0.1, 0.15) is 0 Å². The highest BCUT2D eigenvalue weighted by atomic mass is 32.1. The summed E-state index contributed by atoms with van der Waals surface area (Å²) in [7, 11) is 2.08. The Balaban J connectivity index is 1.80. The Labute approximate surface area is 105 Å². The standard InChI is InChI=1S/C11H18N4OS/c1-8-6-12-11(17-8)14-10(16)13-9-4-3-5-15(2)7-9/h6,9H,3-5,7H2,1-2H3,(H2,12,13,14,16)/t9-/m1/s1. The number of carbonyl (C=O) groups excluding carboxylic acids is 1. The molecule has 6 heteroatoms. The molecule has 2 amide bonds. The van der Waals surface area contributed by atoms with Crippen molar-refractivity contribution in [3.63, 3.8) is 0 Å². The van der Waals surface area contributed by atoms with Gasteiger partial charge in [-0.2, -0.15) is 0 Å². The number of thiazole rings is 1. The predicted octanol–water partition coefficient (Wildman–Crippen LogP) is 1.67. The lowest BCUT2D eigenvalue weighted by molar-refractivity contribution is 0.216. The van der Waals surface area contributed by atoms with Crippen LogP contribution in [-0.4, -0.2) is 42.1 Å². The molecule has 1 aliphatic rings. The van der Waals surface area contributed by atoms with Gasteiger partial charge in [-0.25, -0.2) is 9.78 Å². The number of nitrogens with one attached hydrogen (secondary N) is 2. The number of aryl methyl sites for hydroxylation is 1. The Kier molecular flexibility index (Phi) is 3.96. The number of aromatic nitrogens is 1. The van der Waals surface area contributed by atoms with Crippen LogP contribution >= 0.6 is 11.3 Å². The second kappa shape index (κ2) is 5.46. The lowest BCUT2D eigenvalue weighted by Gasteiger charge is -2.30. The van der Waals surface area contributed by atoms with Crippen molar-refractivity contribution in [3.8, 4) is 0 Å². The third-order valence-corrected chi connectivity index (χ3v) is 3.63. The van der Waals surface area contributed by atoms with E-state index in [2.05, 4.69) is 27.6 Å². The van der Waals surface area contributed by atoms with Crippen molar-refractivity contribution in [1.82, 2.24) is 15.2 Å². The zero-order chi connectivity index (χ0) is 12.3. The van der Waals surface area contributed by atoms with Gasteiger partial charge in [-0.05, 0) is 33.4 Å². The van der Waals surface area contributed by atoms with Gasteiger partial charge in [0, 0.05) is 23.7 Å². The van der Waals surface area contributed by atoms with Gasteiger partial charge in [0.05, 0.1) is 0 Å². The van der Waals surface area contributed by atoms with Gasteiger partial charge in [0.15, 0.2) is 5.13 Å². The van der Waals surface area contributed by atoms with Gasteiger partial charge in [-0.15, -0.1) is 11.3 Å². The lowest BCUT2D eigenvalue weighted by atomic mass is 10.1. The van der Waals surface area contributed by atoms with E-state index in [1.54, 1.807) is 6.20 Å². The number of piperidine rings is 1. The highest BCUT2D eigenvalue weighted by Gasteiger charge is 2.19. The average molecular weight is 254 g/mol. The van der Waals surface area contributed by atoms with Gasteiger partial charge in [-0.3, -0.25) is 5.32 Å². The summed E-state index contributed by atoms with van der Waals surface area (Å²) >= 11 is 1.49. The van der Waals surface area contributed by atoms with Crippen LogP contribution in [0.1, 0.15) is 17.7 Å². The average Bonchev–Trinajstić information content (AvgIpc) is 2.63. The first-order valence-corrected chi connectivity index (χ1v) is 6.63. The van der Waals surface area contributed by atoms with E-state index >= 15 is 0 Å². The van der Waals surface area contributed by atoms with Crippen LogP contribution in [0.2, 0.25) is 0 Å². The topological polar surface area (TPSA) is 57.3 Å². The molecule has 1 aromatic rings. The summed E-state index contributed by atoms with van der Waals surface area (Å²) in [6, 6.07) is 0.0921. The first-order valence-electron chi connectivity index (χ1n) is 5.82. The monoisotopic (exact) mass is 254 g/mol. The summed E-state index contributed by atoms with van der Waals surface area (Å²) in [4.78, 5) is 19.2. The van der Waals surface area contributed by atoms with Gasteiger partial charge < -0.3 is 10.2 Å². The highest BCUT2D eigenvalue weighted by molar-refractivity contribution is 7.15. The minimum Gasteiger partial charge on any atom is -0.334 e. The van der Waals surface area contributed by atoms with E-state index in [0.29, 0.717) is 5.13 Å². The molecule has 1 atom stereocenters. The van der Waals surface area contributed by atoms with E-state index in [4.69, 9.17) is 0 Å². The summed E-state index contributed by atoms with van der Waals surface area (Å²) < 4.78 is 0. The molecule has 1 fully saturated rings. The summed E-state index contributed by atoms with van der Waals surface area (Å²) in [5.74, 6) is 0. The zero-order valence-corrected chi connectivity index (χ0v) is 11.0. The fourth-order valence-electron chi connectivity index (χ4n) is 2.02. The first kappa shape index (κ1) is 12.3. The molecule has 0 unspecified atom stereocenters. The van der Waals surface area contributed by atoms with Crippen LogP contribution in [-0.2, 0) is 0 Å². The van der Waals surface area contributed by atoms with E-state index in [1.165, 1.54) is 11.3 Å². The van der Waals surface area contributed by atoms with Crippen LogP contribution in [0.25, 0.3) is 0 Å². The van der Waals surface area contributed by atoms with Crippen LogP contribution in [0.4, 0.5) is 9.93 Å². The van der Waals surface area contributed by atoms with Crippen molar-refractivity contribution in [2.45, 2.75) is 25.8 Å². The molecule has 2 N–H and O–H groups in total. The van der Waals surface area contributed by atoms with Crippen LogP contribution in [0.3, 0.4) is 0 Å². The Morgan fingerprint density at radius 2 is 2.47 bits per heavy atom. The van der Waals surface area contributed by atoms with E-state index in [0.717, 1.165) is 30.8 Å². The van der Waals surface area contributed by atoms with E-state index in [1.807, 2.05) is 6.92 Å². The first-order chi connectivity index (χ1) is 8.13. The second-order valence-electron chi connectivity index (χ2n) is 4.48. The maximum Gasteiger partial charge on any atom is 0.321 e. The molecule has 0 aliphatic carbocycles. The molecule has 1 saturated heterocycles. The van der Waals surface area contributed by atoms with E-state index < -0.39 is 0 Å². The minimum absolute atomic E-state index is 0.153. The Morgan fingerprint density at radius 3 is 3.12 bits per heavy atom. The number of urea groups is 1. The van der Waals surface area contributed by atoms with Crippen molar-refractivity contribution < 1.29 is 4.79 Å². The number of amides is 2. The Hall–Kier alpha value is -1.14. The van der Waals surface area contributed by atoms with Crippen LogP contribution in [0.15, 0.2) is 6.20 Å². The number of hydrogen-bond acceptors (Lipinski definition) is 4. The molecule has 0 spiro atoms. The lowest BCUT2D eigenvalue weighted by Crippen LogP contribution is -2.47. The van der Waals surface area contributed by atoms with Crippen molar-refractivity contribution in [1.29, 1.82) is 0 Å². The molecule has 1 aliphatic heterocycles. The summed E-state index contributed by atoms with van der Waals surface area (Å²) in [5, 5.41) is 6.40. The van der Waals surface area contributed by atoms with Gasteiger partial charge >= 0.3 is 6.03 Å². The largest absolute Gasteiger partial charge is 0.334 e. The maximum atomic E-state index is 11.7. The van der Waals surface area contributed by atoms with Crippen molar-refractivity contribution in [2.24, 2.45) is 0 Å². The van der Waals surface area contributed by atoms with Gasteiger partial charge in [0.25, 0.3) is 0 Å². The van der Waals surface area contributed by atoms with E-state index in [-0.39, 0.29) is 12.1 Å². The van der Waals surface area contributed by atoms with E-state index in [9.17, 15) is 4.79 Å². The third-order valence-electron chi connectivity index (χ3n) is 2.80. The predicted molar refractivity (Wildman–Crippen MR) is 69.5 cm³/mol. The van der Waals surface area contributed by atoms with Gasteiger partial charge in [-0.1, -0.05) is 0 Å². The minimum atomic E-state index is -0.153. The molecule has 0 aromatic carbocycles. The molecule has 1 aromatic heterocycles. The summed E-state index contributed by atoms with van der Waals surface area (Å²) in [6.07, 6.45) is 3.95. The number of hydrogen-bond donors (Lipinski definition) is 2. The maximum absolute atomic E-state index is 11.7. The SMILES string of the molecule is Cc1cnc(NC(=O)N[C@@H]2CCCN(C)C2)s1.